The second-order valence-corrected chi connectivity index (χ2v) is 5.88. The number of amides is 1. The smallest absolute Gasteiger partial charge is 0.247 e. The molecule has 0 aliphatic rings. The Kier molecular flexibility index (Phi) is 5.45. The van der Waals surface area contributed by atoms with Crippen molar-refractivity contribution in [1.29, 1.82) is 0 Å². The number of anilines is 5. The van der Waals surface area contributed by atoms with Crippen LogP contribution in [0.15, 0.2) is 67.3 Å². The van der Waals surface area contributed by atoms with Crippen LogP contribution in [0.3, 0.4) is 0 Å². The van der Waals surface area contributed by atoms with E-state index >= 15 is 0 Å². The van der Waals surface area contributed by atoms with Crippen molar-refractivity contribution in [2.75, 3.05) is 36.2 Å². The largest absolute Gasteiger partial charge is 0.491 e. The molecule has 0 saturated carbocycles. The second-order valence-electron chi connectivity index (χ2n) is 5.88. The van der Waals surface area contributed by atoms with Gasteiger partial charge in [0.25, 0.3) is 0 Å². The van der Waals surface area contributed by atoms with Crippen LogP contribution in [0.2, 0.25) is 0 Å². The molecule has 160 valence electrons. The molecule has 0 aliphatic heterocycles. The Labute approximate surface area is 186 Å². The molecule has 0 aliphatic carbocycles. The first-order chi connectivity index (χ1) is 17.0. The summed E-state index contributed by atoms with van der Waals surface area (Å²) in [6.07, 6.45) is 0.280. The van der Waals surface area contributed by atoms with Crippen molar-refractivity contribution < 1.29 is 25.5 Å². The number of carbonyl (C=O) groups excluding carboxylic acids is 1. The predicted molar refractivity (Wildman–Crippen MR) is 118 cm³/mol. The minimum absolute atomic E-state index is 0.00555. The summed E-state index contributed by atoms with van der Waals surface area (Å²) in [5.74, 6) is -1.99. The Hall–Kier alpha value is -3.98. The molecule has 0 bridgehead atoms. The third-order valence-electron chi connectivity index (χ3n) is 3.61. The topological polar surface area (TPSA) is 97.4 Å². The third-order valence-corrected chi connectivity index (χ3v) is 3.61. The van der Waals surface area contributed by atoms with Crippen molar-refractivity contribution in [3.8, 4) is 5.75 Å². The molecule has 31 heavy (non-hydrogen) atoms. The third kappa shape index (κ3) is 6.51. The summed E-state index contributed by atoms with van der Waals surface area (Å²) >= 11 is 0. The summed E-state index contributed by atoms with van der Waals surface area (Å²) in [5.41, 5.74) is 0.415. The molecule has 1 aromatic heterocycles. The van der Waals surface area contributed by atoms with E-state index in [4.69, 9.17) is 16.3 Å². The molecule has 3 rings (SSSR count). The first-order valence-corrected chi connectivity index (χ1v) is 8.92. The Bertz CT molecular complexity index is 1280. The molecule has 0 radical (unpaired) electrons. The molecule has 9 heteroatoms. The Morgan fingerprint density at radius 2 is 2.00 bits per heavy atom. The monoisotopic (exact) mass is 428 g/mol. The summed E-state index contributed by atoms with van der Waals surface area (Å²) in [6.45, 7) is 1.05. The zero-order valence-electron chi connectivity index (χ0n) is 21.5. The van der Waals surface area contributed by atoms with Gasteiger partial charge in [0.15, 0.2) is 11.6 Å². The average molecular weight is 428 g/mol. The Morgan fingerprint density at radius 1 is 1.23 bits per heavy atom. The standard InChI is InChI=1S/C22H22FN5O3/c1-3-20(29)25-16-5-4-6-17(13-16)26-21-19(23)14-24-22(28-21)27-15-7-9-18(10-8-15)31-12-11-30-2/h3-10,13-14H,1,11-12H2,2H3,(H,25,29)(H2,24,26,27,28)/i4D,12D2,13D,14D. The van der Waals surface area contributed by atoms with E-state index in [0.717, 1.165) is 6.08 Å². The van der Waals surface area contributed by atoms with Crippen molar-refractivity contribution in [1.82, 2.24) is 9.97 Å². The summed E-state index contributed by atoms with van der Waals surface area (Å²) in [4.78, 5) is 19.4. The number of nitrogens with zero attached hydrogens (tertiary/aromatic N) is 2. The molecule has 2 aromatic carbocycles. The van der Waals surface area contributed by atoms with Gasteiger partial charge in [0, 0.05) is 24.2 Å². The van der Waals surface area contributed by atoms with Gasteiger partial charge in [0.05, 0.1) is 19.6 Å². The first kappa shape index (κ1) is 15.8. The summed E-state index contributed by atoms with van der Waals surface area (Å²) in [7, 11) is 1.36. The average Bonchev–Trinajstić information content (AvgIpc) is 2.81. The van der Waals surface area contributed by atoms with Crippen molar-refractivity contribution >= 4 is 34.7 Å². The number of rotatable bonds is 10. The highest BCUT2D eigenvalue weighted by Crippen LogP contribution is 2.23. The molecule has 0 unspecified atom stereocenters. The lowest BCUT2D eigenvalue weighted by atomic mass is 10.2. The highest BCUT2D eigenvalue weighted by Gasteiger charge is 2.09. The normalized spacial score (nSPS) is 13.0. The summed E-state index contributed by atoms with van der Waals surface area (Å²) < 4.78 is 64.0. The maximum Gasteiger partial charge on any atom is 0.247 e. The molecule has 8 nitrogen and oxygen atoms in total. The lowest BCUT2D eigenvalue weighted by Crippen LogP contribution is -2.07. The molecule has 0 fully saturated rings. The van der Waals surface area contributed by atoms with Gasteiger partial charge in [0.2, 0.25) is 11.9 Å². The lowest BCUT2D eigenvalue weighted by molar-refractivity contribution is -0.111. The molecule has 0 saturated heterocycles. The van der Waals surface area contributed by atoms with Gasteiger partial charge < -0.3 is 25.4 Å². The molecular formula is C22H22FN5O3. The van der Waals surface area contributed by atoms with E-state index in [1.807, 2.05) is 0 Å². The van der Waals surface area contributed by atoms with Gasteiger partial charge in [-0.3, -0.25) is 4.79 Å². The maximum atomic E-state index is 14.6. The number of ether oxygens (including phenoxy) is 2. The van der Waals surface area contributed by atoms with Gasteiger partial charge in [0.1, 0.15) is 12.3 Å². The van der Waals surface area contributed by atoms with Crippen LogP contribution in [-0.4, -0.2) is 36.2 Å². The highest BCUT2D eigenvalue weighted by atomic mass is 19.1. The molecule has 1 amide bonds. The molecule has 0 spiro atoms. The van der Waals surface area contributed by atoms with Crippen LogP contribution in [0.4, 0.5) is 33.2 Å². The van der Waals surface area contributed by atoms with Gasteiger partial charge >= 0.3 is 0 Å². The molecule has 1 heterocycles. The van der Waals surface area contributed by atoms with Crippen LogP contribution >= 0.6 is 0 Å². The first-order valence-electron chi connectivity index (χ1n) is 11.4. The summed E-state index contributed by atoms with van der Waals surface area (Å²) in [5, 5.41) is 7.79. The van der Waals surface area contributed by atoms with E-state index in [0.29, 0.717) is 5.69 Å². The number of nitrogens with one attached hydrogen (secondary N) is 3. The predicted octanol–water partition coefficient (Wildman–Crippen LogP) is 4.25. The quantitative estimate of drug-likeness (QED) is 0.415. The van der Waals surface area contributed by atoms with Crippen LogP contribution in [-0.2, 0) is 9.53 Å². The van der Waals surface area contributed by atoms with Crippen LogP contribution in [0.1, 0.15) is 6.85 Å². The fourth-order valence-electron chi connectivity index (χ4n) is 2.25. The zero-order chi connectivity index (χ0) is 26.5. The number of hydrogen-bond acceptors (Lipinski definition) is 7. The zero-order valence-corrected chi connectivity index (χ0v) is 16.5. The Balaban J connectivity index is 1.83. The minimum Gasteiger partial charge on any atom is -0.491 e. The number of benzene rings is 2. The number of methoxy groups -OCH3 is 1. The van der Waals surface area contributed by atoms with Crippen LogP contribution in [0.5, 0.6) is 5.75 Å². The van der Waals surface area contributed by atoms with E-state index in [1.165, 1.54) is 31.4 Å². The van der Waals surface area contributed by atoms with E-state index in [-0.39, 0.29) is 41.8 Å². The van der Waals surface area contributed by atoms with Gasteiger partial charge in [-0.25, -0.2) is 9.37 Å². The fraction of sp³-hybridized carbons (Fsp3) is 0.136. The molecule has 0 atom stereocenters. The maximum absolute atomic E-state index is 14.6. The number of aromatic nitrogens is 2. The van der Waals surface area contributed by atoms with Crippen molar-refractivity contribution in [3.63, 3.8) is 0 Å². The minimum atomic E-state index is -2.02. The van der Waals surface area contributed by atoms with Crippen LogP contribution in [0.25, 0.3) is 0 Å². The summed E-state index contributed by atoms with van der Waals surface area (Å²) in [6, 6.07) is 8.26. The molecule has 3 N–H and O–H groups in total. The van der Waals surface area contributed by atoms with Gasteiger partial charge in [-0.1, -0.05) is 12.6 Å². The SMILES string of the molecule is [2H]c1cc(NC(=O)C=C)c([2H])c(Nc2nc(Nc3ccc(OC([2H])([2H])COC)cc3)nc([2H])c2F)c1. The lowest BCUT2D eigenvalue weighted by Gasteiger charge is -2.11. The number of carbonyl (C=O) groups is 1. The second kappa shape index (κ2) is 10.7. The van der Waals surface area contributed by atoms with Crippen molar-refractivity contribution in [3.05, 3.63) is 73.1 Å². The van der Waals surface area contributed by atoms with Gasteiger partial charge in [-0.2, -0.15) is 4.98 Å². The van der Waals surface area contributed by atoms with E-state index in [9.17, 15) is 9.18 Å². The molecular weight excluding hydrogens is 401 g/mol. The van der Waals surface area contributed by atoms with Crippen molar-refractivity contribution in [2.45, 2.75) is 0 Å². The van der Waals surface area contributed by atoms with Gasteiger partial charge in [-0.05, 0) is 48.5 Å². The number of halogens is 1. The van der Waals surface area contributed by atoms with Crippen molar-refractivity contribution in [2.24, 2.45) is 0 Å². The van der Waals surface area contributed by atoms with Crippen LogP contribution < -0.4 is 20.7 Å². The van der Waals surface area contributed by atoms with E-state index in [2.05, 4.69) is 32.5 Å². The Morgan fingerprint density at radius 3 is 2.74 bits per heavy atom. The molecule has 3 aromatic rings. The van der Waals surface area contributed by atoms with E-state index in [1.54, 1.807) is 12.1 Å². The van der Waals surface area contributed by atoms with E-state index < -0.39 is 30.3 Å². The fourth-order valence-corrected chi connectivity index (χ4v) is 2.25. The highest BCUT2D eigenvalue weighted by molar-refractivity contribution is 5.99. The van der Waals surface area contributed by atoms with Gasteiger partial charge in [-0.15, -0.1) is 0 Å². The van der Waals surface area contributed by atoms with Crippen LogP contribution in [0, 0.1) is 5.82 Å². The number of hydrogen-bond donors (Lipinski definition) is 3.